The maximum atomic E-state index is 12.4. The molecule has 3 aromatic heterocycles. The van der Waals surface area contributed by atoms with Gasteiger partial charge in [0.15, 0.2) is 5.13 Å². The number of carbonyl (C=O) groups is 1. The SMILES string of the molecule is O=C(Nc1nccs1)c1cccc([C@@H]2CCCN(Cc3ccn[nH]3)C2)n1. The average Bonchev–Trinajstić information content (AvgIpc) is 3.36. The van der Waals surface area contributed by atoms with Crippen LogP contribution in [0.15, 0.2) is 42.0 Å². The molecule has 0 aliphatic carbocycles. The maximum absolute atomic E-state index is 12.4. The Labute approximate surface area is 155 Å². The van der Waals surface area contributed by atoms with Crippen LogP contribution in [0.5, 0.6) is 0 Å². The van der Waals surface area contributed by atoms with Crippen molar-refractivity contribution in [2.45, 2.75) is 25.3 Å². The van der Waals surface area contributed by atoms with Crippen LogP contribution in [0, 0.1) is 0 Å². The van der Waals surface area contributed by atoms with Gasteiger partial charge in [0.1, 0.15) is 5.69 Å². The third kappa shape index (κ3) is 3.97. The van der Waals surface area contributed by atoms with Crippen LogP contribution >= 0.6 is 11.3 Å². The smallest absolute Gasteiger partial charge is 0.276 e. The molecule has 1 aliphatic heterocycles. The van der Waals surface area contributed by atoms with E-state index in [4.69, 9.17) is 0 Å². The molecule has 0 aromatic carbocycles. The normalized spacial score (nSPS) is 17.9. The lowest BCUT2D eigenvalue weighted by atomic mass is 9.94. The minimum Gasteiger partial charge on any atom is -0.297 e. The van der Waals surface area contributed by atoms with E-state index in [0.717, 1.165) is 43.9 Å². The molecule has 1 fully saturated rings. The van der Waals surface area contributed by atoms with Crippen LogP contribution in [0.1, 0.15) is 40.6 Å². The Kier molecular flexibility index (Phi) is 5.03. The molecule has 26 heavy (non-hydrogen) atoms. The van der Waals surface area contributed by atoms with Gasteiger partial charge >= 0.3 is 0 Å². The Morgan fingerprint density at radius 2 is 2.31 bits per heavy atom. The first kappa shape index (κ1) is 16.9. The van der Waals surface area contributed by atoms with Crippen molar-refractivity contribution >= 4 is 22.4 Å². The summed E-state index contributed by atoms with van der Waals surface area (Å²) in [5.41, 5.74) is 2.53. The minimum absolute atomic E-state index is 0.216. The molecule has 4 rings (SSSR count). The highest BCUT2D eigenvalue weighted by atomic mass is 32.1. The van der Waals surface area contributed by atoms with Crippen molar-refractivity contribution in [3.8, 4) is 0 Å². The van der Waals surface area contributed by atoms with Crippen LogP contribution in [0.25, 0.3) is 0 Å². The number of H-pyrrole nitrogens is 1. The summed E-state index contributed by atoms with van der Waals surface area (Å²) in [5.74, 6) is 0.117. The van der Waals surface area contributed by atoms with Crippen LogP contribution in [0.2, 0.25) is 0 Å². The van der Waals surface area contributed by atoms with E-state index in [-0.39, 0.29) is 5.91 Å². The number of nitrogens with zero attached hydrogens (tertiary/aromatic N) is 4. The maximum Gasteiger partial charge on any atom is 0.276 e. The number of piperidine rings is 1. The van der Waals surface area contributed by atoms with Gasteiger partial charge in [0.05, 0.1) is 0 Å². The number of nitrogens with one attached hydrogen (secondary N) is 2. The molecule has 0 bridgehead atoms. The van der Waals surface area contributed by atoms with Crippen LogP contribution in [-0.2, 0) is 6.54 Å². The highest BCUT2D eigenvalue weighted by Gasteiger charge is 2.23. The largest absolute Gasteiger partial charge is 0.297 e. The first-order chi connectivity index (χ1) is 12.8. The van der Waals surface area contributed by atoms with Crippen LogP contribution in [0.4, 0.5) is 5.13 Å². The Morgan fingerprint density at radius 1 is 1.35 bits per heavy atom. The zero-order valence-electron chi connectivity index (χ0n) is 14.3. The summed E-state index contributed by atoms with van der Waals surface area (Å²) in [6.07, 6.45) is 5.66. The molecule has 4 heterocycles. The number of hydrogen-bond donors (Lipinski definition) is 2. The average molecular weight is 368 g/mol. The predicted molar refractivity (Wildman–Crippen MR) is 100 cm³/mol. The number of pyridine rings is 1. The summed E-state index contributed by atoms with van der Waals surface area (Å²) in [7, 11) is 0. The van der Waals surface area contributed by atoms with Gasteiger partial charge in [-0.3, -0.25) is 20.1 Å². The standard InChI is InChI=1S/C18H20N6OS/c25-17(22-18-19-8-10-26-18)16-5-1-4-15(21-16)13-3-2-9-24(11-13)12-14-6-7-20-23-14/h1,4-8,10,13H,2-3,9,11-12H2,(H,20,23)(H,19,22,25)/t13-/m1/s1. The van der Waals surface area contributed by atoms with Gasteiger partial charge < -0.3 is 0 Å². The molecule has 0 radical (unpaired) electrons. The molecule has 8 heteroatoms. The lowest BCUT2D eigenvalue weighted by Crippen LogP contribution is -2.34. The van der Waals surface area contributed by atoms with Gasteiger partial charge in [-0.05, 0) is 37.6 Å². The van der Waals surface area contributed by atoms with Crippen molar-refractivity contribution in [1.82, 2.24) is 25.1 Å². The Hall–Kier alpha value is -2.58. The van der Waals surface area contributed by atoms with Crippen molar-refractivity contribution < 1.29 is 4.79 Å². The summed E-state index contributed by atoms with van der Waals surface area (Å²) in [5, 5.41) is 12.2. The van der Waals surface area contributed by atoms with Gasteiger partial charge in [-0.25, -0.2) is 9.97 Å². The lowest BCUT2D eigenvalue weighted by Gasteiger charge is -2.32. The van der Waals surface area contributed by atoms with Crippen molar-refractivity contribution in [2.75, 3.05) is 18.4 Å². The number of amides is 1. The zero-order chi connectivity index (χ0) is 17.8. The highest BCUT2D eigenvalue weighted by molar-refractivity contribution is 7.13. The number of rotatable bonds is 5. The second kappa shape index (κ2) is 7.76. The van der Waals surface area contributed by atoms with Crippen LogP contribution in [0.3, 0.4) is 0 Å². The van der Waals surface area contributed by atoms with E-state index in [1.807, 2.05) is 23.6 Å². The highest BCUT2D eigenvalue weighted by Crippen LogP contribution is 2.26. The van der Waals surface area contributed by atoms with Crippen molar-refractivity contribution in [3.63, 3.8) is 0 Å². The van der Waals surface area contributed by atoms with Gasteiger partial charge in [-0.2, -0.15) is 5.10 Å². The molecular weight excluding hydrogens is 348 g/mol. The Balaban J connectivity index is 1.44. The molecule has 3 aromatic rings. The number of aromatic nitrogens is 4. The third-order valence-electron chi connectivity index (χ3n) is 4.53. The van der Waals surface area contributed by atoms with Gasteiger partial charge in [0.25, 0.3) is 5.91 Å². The number of likely N-dealkylation sites (tertiary alicyclic amines) is 1. The summed E-state index contributed by atoms with van der Waals surface area (Å²) < 4.78 is 0. The van der Waals surface area contributed by atoms with Crippen molar-refractivity contribution in [2.24, 2.45) is 0 Å². The van der Waals surface area contributed by atoms with E-state index in [9.17, 15) is 4.79 Å². The van der Waals surface area contributed by atoms with Crippen molar-refractivity contribution in [1.29, 1.82) is 0 Å². The lowest BCUT2D eigenvalue weighted by molar-refractivity contribution is 0.102. The molecule has 7 nitrogen and oxygen atoms in total. The predicted octanol–water partition coefficient (Wildman–Crippen LogP) is 2.89. The van der Waals surface area contributed by atoms with Crippen LogP contribution < -0.4 is 5.32 Å². The second-order valence-corrected chi connectivity index (χ2v) is 7.29. The molecule has 134 valence electrons. The fourth-order valence-electron chi connectivity index (χ4n) is 3.31. The molecule has 1 atom stereocenters. The summed E-state index contributed by atoms with van der Waals surface area (Å²) in [4.78, 5) is 23.5. The van der Waals surface area contributed by atoms with E-state index >= 15 is 0 Å². The Bertz CT molecular complexity index is 848. The first-order valence-corrected chi connectivity index (χ1v) is 9.54. The molecule has 0 spiro atoms. The summed E-state index contributed by atoms with van der Waals surface area (Å²) in [6.45, 7) is 2.87. The molecular formula is C18H20N6OS. The van der Waals surface area contributed by atoms with E-state index < -0.39 is 0 Å². The molecule has 1 saturated heterocycles. The minimum atomic E-state index is -0.216. The summed E-state index contributed by atoms with van der Waals surface area (Å²) in [6, 6.07) is 7.68. The number of anilines is 1. The van der Waals surface area contributed by atoms with Crippen LogP contribution in [-0.4, -0.2) is 44.1 Å². The quantitative estimate of drug-likeness (QED) is 0.723. The first-order valence-electron chi connectivity index (χ1n) is 8.66. The molecule has 1 amide bonds. The van der Waals surface area contributed by atoms with Gasteiger partial charge in [-0.15, -0.1) is 11.3 Å². The van der Waals surface area contributed by atoms with Gasteiger partial charge in [0, 0.05) is 48.2 Å². The Morgan fingerprint density at radius 3 is 3.12 bits per heavy atom. The van der Waals surface area contributed by atoms with E-state index in [1.165, 1.54) is 11.3 Å². The molecule has 1 aliphatic rings. The van der Waals surface area contributed by atoms with Crippen molar-refractivity contribution in [3.05, 3.63) is 59.1 Å². The monoisotopic (exact) mass is 368 g/mol. The topological polar surface area (TPSA) is 86.8 Å². The number of aromatic amines is 1. The van der Waals surface area contributed by atoms with E-state index in [2.05, 4.69) is 30.4 Å². The fourth-order valence-corrected chi connectivity index (χ4v) is 3.83. The molecule has 0 saturated carbocycles. The van der Waals surface area contributed by atoms with E-state index in [0.29, 0.717) is 16.7 Å². The van der Waals surface area contributed by atoms with Gasteiger partial charge in [-0.1, -0.05) is 6.07 Å². The number of thiazole rings is 1. The number of carbonyl (C=O) groups excluding carboxylic acids is 1. The zero-order valence-corrected chi connectivity index (χ0v) is 15.1. The molecule has 0 unspecified atom stereocenters. The summed E-state index contributed by atoms with van der Waals surface area (Å²) >= 11 is 1.39. The fraction of sp³-hybridized carbons (Fsp3) is 0.333. The third-order valence-corrected chi connectivity index (χ3v) is 5.22. The van der Waals surface area contributed by atoms with Gasteiger partial charge in [0.2, 0.25) is 0 Å². The second-order valence-electron chi connectivity index (χ2n) is 6.40. The number of hydrogen-bond acceptors (Lipinski definition) is 6. The van der Waals surface area contributed by atoms with E-state index in [1.54, 1.807) is 18.5 Å². The molecule has 2 N–H and O–H groups in total.